The topological polar surface area (TPSA) is 59.9 Å². The van der Waals surface area contributed by atoms with Crippen molar-refractivity contribution < 1.29 is 14.3 Å². The third-order valence-electron chi connectivity index (χ3n) is 2.76. The molecular weight excluding hydrogens is 356 g/mol. The Morgan fingerprint density at radius 3 is 2.90 bits per heavy atom. The predicted molar refractivity (Wildman–Crippen MR) is 84.1 cm³/mol. The van der Waals surface area contributed by atoms with Crippen molar-refractivity contribution in [3.8, 4) is 11.5 Å². The van der Waals surface area contributed by atoms with Crippen molar-refractivity contribution in [1.29, 1.82) is 0 Å². The Kier molecular flexibility index (Phi) is 4.21. The van der Waals surface area contributed by atoms with Gasteiger partial charge in [0.2, 0.25) is 6.10 Å². The van der Waals surface area contributed by atoms with Crippen LogP contribution >= 0.6 is 27.3 Å². The van der Waals surface area contributed by atoms with Crippen molar-refractivity contribution in [1.82, 2.24) is 5.43 Å². The number of halogens is 1. The molecule has 1 aliphatic rings. The third kappa shape index (κ3) is 3.43. The van der Waals surface area contributed by atoms with Gasteiger partial charge in [0.25, 0.3) is 5.91 Å². The molecule has 3 rings (SSSR count). The van der Waals surface area contributed by atoms with E-state index in [1.54, 1.807) is 18.3 Å². The maximum atomic E-state index is 12.0. The highest BCUT2D eigenvalue weighted by Crippen LogP contribution is 2.30. The molecule has 0 saturated heterocycles. The molecule has 1 atom stereocenters. The fourth-order valence-electron chi connectivity index (χ4n) is 1.78. The van der Waals surface area contributed by atoms with Crippen molar-refractivity contribution in [2.75, 3.05) is 6.61 Å². The number of rotatable bonds is 3. The van der Waals surface area contributed by atoms with Gasteiger partial charge in [0, 0.05) is 4.88 Å². The number of para-hydroxylation sites is 2. The first-order valence-electron chi connectivity index (χ1n) is 6.19. The molecule has 0 saturated carbocycles. The van der Waals surface area contributed by atoms with E-state index in [0.717, 1.165) is 8.66 Å². The first-order chi connectivity index (χ1) is 10.2. The summed E-state index contributed by atoms with van der Waals surface area (Å²) in [5, 5.41) is 3.92. The quantitative estimate of drug-likeness (QED) is 0.671. The monoisotopic (exact) mass is 366 g/mol. The molecule has 1 amide bonds. The number of benzene rings is 1. The summed E-state index contributed by atoms with van der Waals surface area (Å²) in [5.74, 6) is 0.875. The molecule has 0 bridgehead atoms. The van der Waals surface area contributed by atoms with Crippen molar-refractivity contribution in [3.63, 3.8) is 0 Å². The fraction of sp³-hybridized carbons (Fsp3) is 0.143. The Labute approximate surface area is 133 Å². The SMILES string of the molecule is O=C(N/N=C\c1ccc(Br)s1)[C@@H]1COc2ccccc2O1. The predicted octanol–water partition coefficient (Wildman–Crippen LogP) is 2.80. The second-order valence-electron chi connectivity index (χ2n) is 4.24. The molecule has 0 aliphatic carbocycles. The zero-order valence-electron chi connectivity index (χ0n) is 10.8. The minimum atomic E-state index is -0.702. The molecule has 1 aromatic heterocycles. The van der Waals surface area contributed by atoms with Crippen LogP contribution in [0.5, 0.6) is 11.5 Å². The van der Waals surface area contributed by atoms with Gasteiger partial charge in [-0.2, -0.15) is 5.10 Å². The normalized spacial score (nSPS) is 16.9. The van der Waals surface area contributed by atoms with Crippen LogP contribution in [0.3, 0.4) is 0 Å². The second-order valence-corrected chi connectivity index (χ2v) is 6.73. The lowest BCUT2D eigenvalue weighted by Crippen LogP contribution is -2.42. The molecular formula is C14H11BrN2O3S. The molecule has 0 unspecified atom stereocenters. The number of carbonyl (C=O) groups excluding carboxylic acids is 1. The van der Waals surface area contributed by atoms with E-state index in [1.807, 2.05) is 24.3 Å². The largest absolute Gasteiger partial charge is 0.485 e. The molecule has 1 aromatic carbocycles. The van der Waals surface area contributed by atoms with Crippen LogP contribution in [0.2, 0.25) is 0 Å². The van der Waals surface area contributed by atoms with E-state index in [1.165, 1.54) is 11.3 Å². The Bertz CT molecular complexity index is 686. The maximum Gasteiger partial charge on any atom is 0.284 e. The minimum Gasteiger partial charge on any atom is -0.485 e. The Balaban J connectivity index is 1.58. The van der Waals surface area contributed by atoms with Crippen LogP contribution in [0.25, 0.3) is 0 Å². The van der Waals surface area contributed by atoms with Gasteiger partial charge in [-0.15, -0.1) is 11.3 Å². The third-order valence-corrected chi connectivity index (χ3v) is 4.32. The van der Waals surface area contributed by atoms with Crippen LogP contribution in [0.1, 0.15) is 4.88 Å². The van der Waals surface area contributed by atoms with E-state index < -0.39 is 6.10 Å². The Morgan fingerprint density at radius 2 is 2.14 bits per heavy atom. The van der Waals surface area contributed by atoms with Gasteiger partial charge in [-0.1, -0.05) is 12.1 Å². The molecule has 0 radical (unpaired) electrons. The average molecular weight is 367 g/mol. The highest BCUT2D eigenvalue weighted by molar-refractivity contribution is 9.11. The van der Waals surface area contributed by atoms with E-state index in [-0.39, 0.29) is 12.5 Å². The van der Waals surface area contributed by atoms with Crippen LogP contribution in [0.4, 0.5) is 0 Å². The summed E-state index contributed by atoms with van der Waals surface area (Å²) in [6.07, 6.45) is 0.887. The highest BCUT2D eigenvalue weighted by atomic mass is 79.9. The summed E-state index contributed by atoms with van der Waals surface area (Å²) >= 11 is 4.89. The summed E-state index contributed by atoms with van der Waals surface area (Å²) in [4.78, 5) is 12.9. The zero-order chi connectivity index (χ0) is 14.7. The van der Waals surface area contributed by atoms with E-state index in [4.69, 9.17) is 9.47 Å². The number of fused-ring (bicyclic) bond motifs is 1. The lowest BCUT2D eigenvalue weighted by atomic mass is 10.2. The van der Waals surface area contributed by atoms with Gasteiger partial charge in [0.05, 0.1) is 10.0 Å². The smallest absolute Gasteiger partial charge is 0.284 e. The van der Waals surface area contributed by atoms with Crippen molar-refractivity contribution in [2.45, 2.75) is 6.10 Å². The molecule has 1 aliphatic heterocycles. The van der Waals surface area contributed by atoms with Crippen LogP contribution < -0.4 is 14.9 Å². The van der Waals surface area contributed by atoms with E-state index in [9.17, 15) is 4.79 Å². The van der Waals surface area contributed by atoms with Crippen molar-refractivity contribution in [3.05, 3.63) is 45.1 Å². The van der Waals surface area contributed by atoms with Gasteiger partial charge in [0.1, 0.15) is 6.61 Å². The number of ether oxygens (including phenoxy) is 2. The number of nitrogens with one attached hydrogen (secondary N) is 1. The molecule has 108 valence electrons. The van der Waals surface area contributed by atoms with Gasteiger partial charge in [-0.25, -0.2) is 5.43 Å². The standard InChI is InChI=1S/C14H11BrN2O3S/c15-13-6-5-9(21-13)7-16-17-14(18)12-8-19-10-3-1-2-4-11(10)20-12/h1-7,12H,8H2,(H,17,18)/b16-7-/t12-/m0/s1. The lowest BCUT2D eigenvalue weighted by Gasteiger charge is -2.24. The summed E-state index contributed by atoms with van der Waals surface area (Å²) in [6.45, 7) is 0.170. The second kappa shape index (κ2) is 6.28. The Hall–Kier alpha value is -1.86. The molecule has 0 spiro atoms. The van der Waals surface area contributed by atoms with Crippen molar-refractivity contribution in [2.24, 2.45) is 5.10 Å². The van der Waals surface area contributed by atoms with Crippen LogP contribution in [-0.4, -0.2) is 24.8 Å². The first kappa shape index (κ1) is 14.1. The first-order valence-corrected chi connectivity index (χ1v) is 7.80. The van der Waals surface area contributed by atoms with Crippen LogP contribution in [0.15, 0.2) is 45.3 Å². The van der Waals surface area contributed by atoms with Crippen LogP contribution in [-0.2, 0) is 4.79 Å². The number of hydrogen-bond acceptors (Lipinski definition) is 5. The average Bonchev–Trinajstić information content (AvgIpc) is 2.92. The molecule has 5 nitrogen and oxygen atoms in total. The lowest BCUT2D eigenvalue weighted by molar-refractivity contribution is -0.130. The fourth-order valence-corrected chi connectivity index (χ4v) is 3.07. The van der Waals surface area contributed by atoms with Gasteiger partial charge in [0.15, 0.2) is 11.5 Å². The summed E-state index contributed by atoms with van der Waals surface area (Å²) in [6, 6.07) is 11.1. The number of carbonyl (C=O) groups is 1. The van der Waals surface area contributed by atoms with E-state index >= 15 is 0 Å². The molecule has 1 N–H and O–H groups in total. The molecule has 0 fully saturated rings. The number of thiophene rings is 1. The number of hydrazone groups is 1. The molecule has 2 aromatic rings. The highest BCUT2D eigenvalue weighted by Gasteiger charge is 2.26. The summed E-state index contributed by atoms with van der Waals surface area (Å²) in [7, 11) is 0. The van der Waals surface area contributed by atoms with Gasteiger partial charge < -0.3 is 9.47 Å². The van der Waals surface area contributed by atoms with E-state index in [2.05, 4.69) is 26.5 Å². The van der Waals surface area contributed by atoms with Crippen LogP contribution in [0, 0.1) is 0 Å². The number of nitrogens with zero attached hydrogens (tertiary/aromatic N) is 1. The molecule has 7 heteroatoms. The van der Waals surface area contributed by atoms with E-state index in [0.29, 0.717) is 11.5 Å². The summed E-state index contributed by atoms with van der Waals surface area (Å²) < 4.78 is 12.1. The summed E-state index contributed by atoms with van der Waals surface area (Å²) in [5.41, 5.74) is 2.46. The zero-order valence-corrected chi connectivity index (χ0v) is 13.2. The van der Waals surface area contributed by atoms with Crippen molar-refractivity contribution >= 4 is 39.4 Å². The molecule has 21 heavy (non-hydrogen) atoms. The van der Waals surface area contributed by atoms with Gasteiger partial charge in [-0.3, -0.25) is 4.79 Å². The Morgan fingerprint density at radius 1 is 1.33 bits per heavy atom. The number of amides is 1. The minimum absolute atomic E-state index is 0.170. The number of hydrogen-bond donors (Lipinski definition) is 1. The van der Waals surface area contributed by atoms with Gasteiger partial charge in [-0.05, 0) is 40.2 Å². The maximum absolute atomic E-state index is 12.0. The molecule has 2 heterocycles. The van der Waals surface area contributed by atoms with Gasteiger partial charge >= 0.3 is 0 Å².